The fourth-order valence-corrected chi connectivity index (χ4v) is 4.75. The lowest BCUT2D eigenvalue weighted by Crippen LogP contribution is -2.22. The maximum absolute atomic E-state index is 12.2. The van der Waals surface area contributed by atoms with E-state index in [1.807, 2.05) is 6.92 Å². The molecule has 0 saturated carbocycles. The van der Waals surface area contributed by atoms with Gasteiger partial charge in [-0.25, -0.2) is 0 Å². The Balaban J connectivity index is 1.89. The predicted octanol–water partition coefficient (Wildman–Crippen LogP) is 3.26. The summed E-state index contributed by atoms with van der Waals surface area (Å²) in [6, 6.07) is 6.47. The number of rotatable bonds is 8. The summed E-state index contributed by atoms with van der Waals surface area (Å²) in [5, 5.41) is 10.7. The average molecular weight is 383 g/mol. The van der Waals surface area contributed by atoms with Gasteiger partial charge < -0.3 is 11.1 Å². The minimum atomic E-state index is -0.496. The van der Waals surface area contributed by atoms with Gasteiger partial charge in [0, 0.05) is 17.0 Å². The monoisotopic (exact) mass is 382 g/mol. The SMILES string of the molecule is CCCSc1nnc(S[C@H](C)C(=O)Nc2ccc(C(N)=O)cc2)s1. The third-order valence-electron chi connectivity index (χ3n) is 2.90. The number of hydrogen-bond donors (Lipinski definition) is 2. The first kappa shape index (κ1) is 18.8. The number of nitrogens with one attached hydrogen (secondary N) is 1. The van der Waals surface area contributed by atoms with E-state index in [2.05, 4.69) is 22.4 Å². The van der Waals surface area contributed by atoms with E-state index in [9.17, 15) is 9.59 Å². The van der Waals surface area contributed by atoms with E-state index in [1.54, 1.807) is 36.0 Å². The van der Waals surface area contributed by atoms with Gasteiger partial charge in [0.05, 0.1) is 5.25 Å². The number of thioether (sulfide) groups is 2. The van der Waals surface area contributed by atoms with Crippen molar-refractivity contribution in [3.05, 3.63) is 29.8 Å². The highest BCUT2D eigenvalue weighted by atomic mass is 32.2. The second-order valence-corrected chi connectivity index (χ2v) is 8.78. The van der Waals surface area contributed by atoms with Crippen LogP contribution >= 0.6 is 34.9 Å². The maximum atomic E-state index is 12.2. The number of carbonyl (C=O) groups excluding carboxylic acids is 2. The quantitative estimate of drug-likeness (QED) is 0.680. The zero-order chi connectivity index (χ0) is 17.5. The van der Waals surface area contributed by atoms with Crippen LogP contribution in [0.4, 0.5) is 5.69 Å². The number of amides is 2. The largest absolute Gasteiger partial charge is 0.366 e. The number of primary amides is 1. The van der Waals surface area contributed by atoms with Crippen LogP contribution in [0.1, 0.15) is 30.6 Å². The molecule has 0 bridgehead atoms. The van der Waals surface area contributed by atoms with Crippen LogP contribution in [0.2, 0.25) is 0 Å². The summed E-state index contributed by atoms with van der Waals surface area (Å²) in [4.78, 5) is 23.3. The van der Waals surface area contributed by atoms with Gasteiger partial charge in [-0.15, -0.1) is 10.2 Å². The van der Waals surface area contributed by atoms with Crippen molar-refractivity contribution in [3.8, 4) is 0 Å². The van der Waals surface area contributed by atoms with Crippen LogP contribution in [0.25, 0.3) is 0 Å². The first-order valence-electron chi connectivity index (χ1n) is 7.33. The molecule has 0 aliphatic carbocycles. The number of nitrogens with two attached hydrogens (primary N) is 1. The zero-order valence-corrected chi connectivity index (χ0v) is 15.8. The van der Waals surface area contributed by atoms with Crippen molar-refractivity contribution >= 4 is 52.4 Å². The van der Waals surface area contributed by atoms with Crippen molar-refractivity contribution in [1.82, 2.24) is 10.2 Å². The van der Waals surface area contributed by atoms with Gasteiger partial charge in [-0.3, -0.25) is 9.59 Å². The molecule has 2 rings (SSSR count). The van der Waals surface area contributed by atoms with E-state index in [0.717, 1.165) is 20.9 Å². The molecule has 2 aromatic rings. The molecule has 0 aliphatic heterocycles. The lowest BCUT2D eigenvalue weighted by atomic mass is 10.2. The van der Waals surface area contributed by atoms with Gasteiger partial charge in [0.2, 0.25) is 11.8 Å². The van der Waals surface area contributed by atoms with Gasteiger partial charge in [0.15, 0.2) is 8.68 Å². The first-order chi connectivity index (χ1) is 11.5. The Morgan fingerprint density at radius 2 is 1.92 bits per heavy atom. The summed E-state index contributed by atoms with van der Waals surface area (Å²) in [6.07, 6.45) is 1.08. The Morgan fingerprint density at radius 1 is 1.25 bits per heavy atom. The summed E-state index contributed by atoms with van der Waals surface area (Å²) in [5.74, 6) is 0.381. The van der Waals surface area contributed by atoms with E-state index in [1.165, 1.54) is 23.1 Å². The van der Waals surface area contributed by atoms with Crippen LogP contribution in [-0.4, -0.2) is 33.0 Å². The van der Waals surface area contributed by atoms with Crippen LogP contribution in [0.15, 0.2) is 32.9 Å². The summed E-state index contributed by atoms with van der Waals surface area (Å²) in [7, 11) is 0. The van der Waals surface area contributed by atoms with E-state index >= 15 is 0 Å². The van der Waals surface area contributed by atoms with Crippen LogP contribution < -0.4 is 11.1 Å². The predicted molar refractivity (Wildman–Crippen MR) is 99.8 cm³/mol. The molecule has 1 aromatic carbocycles. The summed E-state index contributed by atoms with van der Waals surface area (Å²) in [6.45, 7) is 3.93. The molecule has 1 heterocycles. The van der Waals surface area contributed by atoms with E-state index in [4.69, 9.17) is 5.73 Å². The van der Waals surface area contributed by atoms with Crippen LogP contribution in [-0.2, 0) is 4.79 Å². The fourth-order valence-electron chi connectivity index (χ4n) is 1.66. The molecule has 128 valence electrons. The van der Waals surface area contributed by atoms with Gasteiger partial charge in [-0.1, -0.05) is 41.8 Å². The van der Waals surface area contributed by atoms with Crippen LogP contribution in [0.3, 0.4) is 0 Å². The molecule has 24 heavy (non-hydrogen) atoms. The third-order valence-corrected chi connectivity index (χ3v) is 6.35. The molecule has 2 amide bonds. The minimum absolute atomic E-state index is 0.134. The molecular weight excluding hydrogens is 364 g/mol. The smallest absolute Gasteiger partial charge is 0.248 e. The van der Waals surface area contributed by atoms with E-state index in [0.29, 0.717) is 11.3 Å². The molecule has 0 aliphatic rings. The van der Waals surface area contributed by atoms with Crippen LogP contribution in [0.5, 0.6) is 0 Å². The Kier molecular flexibility index (Phi) is 7.07. The average Bonchev–Trinajstić information content (AvgIpc) is 3.00. The highest BCUT2D eigenvalue weighted by Crippen LogP contribution is 2.31. The van der Waals surface area contributed by atoms with Crippen molar-refractivity contribution in [2.75, 3.05) is 11.1 Å². The third kappa shape index (κ3) is 5.50. The molecule has 0 unspecified atom stereocenters. The first-order valence-corrected chi connectivity index (χ1v) is 10.0. The van der Waals surface area contributed by atoms with Crippen molar-refractivity contribution in [2.24, 2.45) is 5.73 Å². The molecule has 6 nitrogen and oxygen atoms in total. The Morgan fingerprint density at radius 3 is 2.54 bits per heavy atom. The number of anilines is 1. The number of nitrogens with zero attached hydrogens (tertiary/aromatic N) is 2. The molecule has 0 saturated heterocycles. The Labute approximate surface area is 153 Å². The molecule has 1 atom stereocenters. The van der Waals surface area contributed by atoms with Gasteiger partial charge >= 0.3 is 0 Å². The summed E-state index contributed by atoms with van der Waals surface area (Å²) >= 11 is 4.56. The number of carbonyl (C=O) groups is 2. The van der Waals surface area contributed by atoms with Gasteiger partial charge in [-0.05, 0) is 37.6 Å². The second kappa shape index (κ2) is 9.05. The Hall–Kier alpha value is -1.58. The normalized spacial score (nSPS) is 11.9. The topological polar surface area (TPSA) is 98.0 Å². The van der Waals surface area contributed by atoms with Crippen molar-refractivity contribution in [2.45, 2.75) is 34.2 Å². The van der Waals surface area contributed by atoms with Crippen molar-refractivity contribution < 1.29 is 9.59 Å². The maximum Gasteiger partial charge on any atom is 0.248 e. The van der Waals surface area contributed by atoms with Crippen molar-refractivity contribution in [3.63, 3.8) is 0 Å². The lowest BCUT2D eigenvalue weighted by Gasteiger charge is -2.10. The molecular formula is C15H18N4O2S3. The van der Waals surface area contributed by atoms with Gasteiger partial charge in [-0.2, -0.15) is 0 Å². The molecule has 0 radical (unpaired) electrons. The van der Waals surface area contributed by atoms with E-state index in [-0.39, 0.29) is 11.2 Å². The van der Waals surface area contributed by atoms with Gasteiger partial charge in [0.25, 0.3) is 0 Å². The van der Waals surface area contributed by atoms with Crippen LogP contribution in [0, 0.1) is 0 Å². The molecule has 0 spiro atoms. The highest BCUT2D eigenvalue weighted by molar-refractivity contribution is 8.03. The van der Waals surface area contributed by atoms with Gasteiger partial charge in [0.1, 0.15) is 0 Å². The molecule has 0 fully saturated rings. The minimum Gasteiger partial charge on any atom is -0.366 e. The summed E-state index contributed by atoms with van der Waals surface area (Å²) < 4.78 is 1.70. The van der Waals surface area contributed by atoms with E-state index < -0.39 is 5.91 Å². The molecule has 9 heteroatoms. The standard InChI is InChI=1S/C15H18N4O2S3/c1-3-8-22-14-18-19-15(24-14)23-9(2)13(21)17-11-6-4-10(5-7-11)12(16)20/h4-7,9H,3,8H2,1-2H3,(H2,16,20)(H,17,21)/t9-/m1/s1. The van der Waals surface area contributed by atoms with Crippen molar-refractivity contribution in [1.29, 1.82) is 0 Å². The summed E-state index contributed by atoms with van der Waals surface area (Å²) in [5.41, 5.74) is 6.21. The Bertz CT molecular complexity index is 703. The second-order valence-electron chi connectivity index (χ2n) is 4.87. The zero-order valence-electron chi connectivity index (χ0n) is 13.3. The number of hydrogen-bond acceptors (Lipinski definition) is 7. The number of aromatic nitrogens is 2. The highest BCUT2D eigenvalue weighted by Gasteiger charge is 2.17. The fraction of sp³-hybridized carbons (Fsp3) is 0.333. The lowest BCUT2D eigenvalue weighted by molar-refractivity contribution is -0.115. The molecule has 1 aromatic heterocycles. The molecule has 3 N–H and O–H groups in total. The number of benzene rings is 1.